The fraction of sp³-hybridized carbons (Fsp3) is 0.133. The maximum absolute atomic E-state index is 12.1. The second-order valence-corrected chi connectivity index (χ2v) is 6.28. The quantitative estimate of drug-likeness (QED) is 0.801. The van der Waals surface area contributed by atoms with Crippen LogP contribution >= 0.6 is 22.7 Å². The maximum atomic E-state index is 12.1. The zero-order valence-corrected chi connectivity index (χ0v) is 13.0. The van der Waals surface area contributed by atoms with E-state index in [2.05, 4.69) is 15.3 Å². The molecule has 0 spiro atoms. The number of aryl methyl sites for hydroxylation is 1. The molecular formula is C15H13N3OS2. The Morgan fingerprint density at radius 1 is 1.29 bits per heavy atom. The highest BCUT2D eigenvalue weighted by molar-refractivity contribution is 7.13. The van der Waals surface area contributed by atoms with Crippen LogP contribution in [0, 0.1) is 6.92 Å². The Labute approximate surface area is 130 Å². The number of hydrogen-bond donors (Lipinski definition) is 1. The van der Waals surface area contributed by atoms with E-state index in [9.17, 15) is 4.79 Å². The summed E-state index contributed by atoms with van der Waals surface area (Å²) in [5, 5.41) is 4.95. The number of amides is 1. The zero-order chi connectivity index (χ0) is 14.7. The molecule has 0 radical (unpaired) electrons. The van der Waals surface area contributed by atoms with E-state index < -0.39 is 0 Å². The average molecular weight is 315 g/mol. The van der Waals surface area contributed by atoms with E-state index in [-0.39, 0.29) is 5.91 Å². The summed E-state index contributed by atoms with van der Waals surface area (Å²) in [7, 11) is 0. The van der Waals surface area contributed by atoms with Crippen LogP contribution in [0.4, 0.5) is 0 Å². The number of carbonyl (C=O) groups is 1. The van der Waals surface area contributed by atoms with Crippen molar-refractivity contribution in [3.63, 3.8) is 0 Å². The molecule has 0 aliphatic carbocycles. The predicted octanol–water partition coefficient (Wildman–Crippen LogP) is 3.51. The van der Waals surface area contributed by atoms with Gasteiger partial charge >= 0.3 is 0 Å². The van der Waals surface area contributed by atoms with Crippen LogP contribution in [0.1, 0.15) is 20.9 Å². The van der Waals surface area contributed by atoms with Crippen molar-refractivity contribution < 1.29 is 4.79 Å². The van der Waals surface area contributed by atoms with Crippen LogP contribution in [-0.4, -0.2) is 15.9 Å². The minimum Gasteiger partial charge on any atom is -0.347 e. The van der Waals surface area contributed by atoms with E-state index in [4.69, 9.17) is 0 Å². The van der Waals surface area contributed by atoms with Gasteiger partial charge in [0.15, 0.2) is 0 Å². The first-order valence-electron chi connectivity index (χ1n) is 6.41. The summed E-state index contributed by atoms with van der Waals surface area (Å²) >= 11 is 3.01. The molecule has 4 nitrogen and oxygen atoms in total. The second kappa shape index (κ2) is 6.15. The lowest BCUT2D eigenvalue weighted by atomic mass is 10.2. The molecule has 6 heteroatoms. The highest BCUT2D eigenvalue weighted by Crippen LogP contribution is 2.23. The SMILES string of the molecule is Cc1ncsc1C(=O)NCc1ccnc(-c2cccs2)c1. The number of carbonyl (C=O) groups excluding carboxylic acids is 1. The van der Waals surface area contributed by atoms with Gasteiger partial charge in [0, 0.05) is 12.7 Å². The van der Waals surface area contributed by atoms with Gasteiger partial charge < -0.3 is 5.32 Å². The molecule has 21 heavy (non-hydrogen) atoms. The van der Waals surface area contributed by atoms with Crippen LogP contribution in [0.15, 0.2) is 41.4 Å². The molecule has 3 aromatic heterocycles. The number of nitrogens with one attached hydrogen (secondary N) is 1. The monoisotopic (exact) mass is 315 g/mol. The van der Waals surface area contributed by atoms with Gasteiger partial charge in [0.25, 0.3) is 5.91 Å². The second-order valence-electron chi connectivity index (χ2n) is 4.48. The number of rotatable bonds is 4. The molecule has 0 fully saturated rings. The smallest absolute Gasteiger partial charge is 0.263 e. The fourth-order valence-corrected chi connectivity index (χ4v) is 3.34. The van der Waals surface area contributed by atoms with Crippen LogP contribution in [0.5, 0.6) is 0 Å². The number of pyridine rings is 1. The molecule has 0 bridgehead atoms. The predicted molar refractivity (Wildman–Crippen MR) is 85.6 cm³/mol. The van der Waals surface area contributed by atoms with E-state index in [0.29, 0.717) is 11.4 Å². The van der Waals surface area contributed by atoms with Gasteiger partial charge in [-0.2, -0.15) is 0 Å². The standard InChI is InChI=1S/C15H13N3OS2/c1-10-14(21-9-18-10)15(19)17-8-11-4-5-16-12(7-11)13-3-2-6-20-13/h2-7,9H,8H2,1H3,(H,17,19). The molecule has 0 aliphatic heterocycles. The van der Waals surface area contributed by atoms with Gasteiger partial charge in [-0.25, -0.2) is 4.98 Å². The molecule has 106 valence electrons. The Bertz CT molecular complexity index is 750. The minimum atomic E-state index is -0.0792. The Hall–Kier alpha value is -2.05. The maximum Gasteiger partial charge on any atom is 0.263 e. The third-order valence-corrected chi connectivity index (χ3v) is 4.82. The lowest BCUT2D eigenvalue weighted by Gasteiger charge is -2.05. The van der Waals surface area contributed by atoms with Gasteiger partial charge in [0.1, 0.15) is 4.88 Å². The van der Waals surface area contributed by atoms with Crippen molar-refractivity contribution in [3.8, 4) is 10.6 Å². The van der Waals surface area contributed by atoms with Crippen LogP contribution < -0.4 is 5.32 Å². The Morgan fingerprint density at radius 3 is 2.90 bits per heavy atom. The topological polar surface area (TPSA) is 54.9 Å². The number of hydrogen-bond acceptors (Lipinski definition) is 5. The van der Waals surface area contributed by atoms with Gasteiger partial charge in [-0.1, -0.05) is 6.07 Å². The summed E-state index contributed by atoms with van der Waals surface area (Å²) in [5.74, 6) is -0.0792. The lowest BCUT2D eigenvalue weighted by molar-refractivity contribution is 0.0954. The third kappa shape index (κ3) is 3.17. The molecule has 3 heterocycles. The van der Waals surface area contributed by atoms with Crippen molar-refractivity contribution in [1.29, 1.82) is 0 Å². The Balaban J connectivity index is 1.70. The average Bonchev–Trinajstić information content (AvgIpc) is 3.16. The van der Waals surface area contributed by atoms with Gasteiger partial charge in [0.05, 0.1) is 21.8 Å². The van der Waals surface area contributed by atoms with Crippen LogP contribution in [0.3, 0.4) is 0 Å². The summed E-state index contributed by atoms with van der Waals surface area (Å²) < 4.78 is 0. The van der Waals surface area contributed by atoms with E-state index in [1.807, 2.05) is 36.6 Å². The first-order chi connectivity index (χ1) is 10.2. The van der Waals surface area contributed by atoms with Gasteiger partial charge in [-0.05, 0) is 36.1 Å². The van der Waals surface area contributed by atoms with Crippen molar-refractivity contribution in [2.24, 2.45) is 0 Å². The molecule has 1 N–H and O–H groups in total. The van der Waals surface area contributed by atoms with Crippen molar-refractivity contribution in [2.45, 2.75) is 13.5 Å². The molecule has 0 unspecified atom stereocenters. The largest absolute Gasteiger partial charge is 0.347 e. The molecule has 0 aromatic carbocycles. The van der Waals surface area contributed by atoms with Gasteiger partial charge in [0.2, 0.25) is 0 Å². The Kier molecular flexibility index (Phi) is 4.08. The van der Waals surface area contributed by atoms with Crippen molar-refractivity contribution in [3.05, 3.63) is 57.5 Å². The minimum absolute atomic E-state index is 0.0792. The number of thiazole rings is 1. The van der Waals surface area contributed by atoms with E-state index in [1.165, 1.54) is 11.3 Å². The van der Waals surface area contributed by atoms with Crippen LogP contribution in [0.25, 0.3) is 10.6 Å². The van der Waals surface area contributed by atoms with Crippen molar-refractivity contribution >= 4 is 28.6 Å². The highest BCUT2D eigenvalue weighted by Gasteiger charge is 2.11. The summed E-state index contributed by atoms with van der Waals surface area (Å²) in [4.78, 5) is 22.3. The molecule has 0 saturated heterocycles. The fourth-order valence-electron chi connectivity index (χ4n) is 1.93. The summed E-state index contributed by atoms with van der Waals surface area (Å²) in [6.07, 6.45) is 1.77. The summed E-state index contributed by atoms with van der Waals surface area (Å²) in [6.45, 7) is 2.32. The van der Waals surface area contributed by atoms with Crippen LogP contribution in [0.2, 0.25) is 0 Å². The normalized spacial score (nSPS) is 10.5. The summed E-state index contributed by atoms with van der Waals surface area (Å²) in [5.41, 5.74) is 4.42. The van der Waals surface area contributed by atoms with Gasteiger partial charge in [-0.15, -0.1) is 22.7 Å². The van der Waals surface area contributed by atoms with E-state index in [0.717, 1.165) is 21.8 Å². The van der Waals surface area contributed by atoms with Crippen molar-refractivity contribution in [2.75, 3.05) is 0 Å². The molecule has 3 rings (SSSR count). The van der Waals surface area contributed by atoms with E-state index in [1.54, 1.807) is 23.0 Å². The van der Waals surface area contributed by atoms with Crippen molar-refractivity contribution in [1.82, 2.24) is 15.3 Å². The number of thiophene rings is 1. The first kappa shape index (κ1) is 13.9. The molecular weight excluding hydrogens is 302 g/mol. The third-order valence-electron chi connectivity index (χ3n) is 3.00. The van der Waals surface area contributed by atoms with Crippen LogP contribution in [-0.2, 0) is 6.54 Å². The molecule has 3 aromatic rings. The summed E-state index contributed by atoms with van der Waals surface area (Å²) in [6, 6.07) is 7.96. The Morgan fingerprint density at radius 2 is 2.19 bits per heavy atom. The van der Waals surface area contributed by atoms with E-state index >= 15 is 0 Å². The number of aromatic nitrogens is 2. The highest BCUT2D eigenvalue weighted by atomic mass is 32.1. The zero-order valence-electron chi connectivity index (χ0n) is 11.4. The molecule has 0 aliphatic rings. The first-order valence-corrected chi connectivity index (χ1v) is 8.17. The lowest BCUT2D eigenvalue weighted by Crippen LogP contribution is -2.22. The molecule has 0 saturated carbocycles. The molecule has 0 atom stereocenters. The number of nitrogens with zero attached hydrogens (tertiary/aromatic N) is 2. The van der Waals surface area contributed by atoms with Gasteiger partial charge in [-0.3, -0.25) is 9.78 Å². The molecule has 1 amide bonds.